The van der Waals surface area contributed by atoms with Gasteiger partial charge in [0.15, 0.2) is 0 Å². The van der Waals surface area contributed by atoms with E-state index in [-0.39, 0.29) is 11.9 Å². The summed E-state index contributed by atoms with van der Waals surface area (Å²) < 4.78 is 5.52. The SMILES string of the molecule is CCCCCCCCCCCC(=O)N(CCCC(C)Nc1cc(OC)cc2cccnc12)Cc1ccc(N(C)C)cc1. The molecule has 230 valence electrons. The lowest BCUT2D eigenvalue weighted by molar-refractivity contribution is -0.132. The molecule has 1 amide bonds. The van der Waals surface area contributed by atoms with E-state index in [4.69, 9.17) is 4.74 Å². The van der Waals surface area contributed by atoms with Crippen LogP contribution in [0.15, 0.2) is 54.7 Å². The average Bonchev–Trinajstić information content (AvgIpc) is 2.99. The molecule has 0 saturated heterocycles. The number of unbranched alkanes of at least 4 members (excludes halogenated alkanes) is 8. The van der Waals surface area contributed by atoms with Gasteiger partial charge < -0.3 is 19.9 Å². The fraction of sp³-hybridized carbons (Fsp3) is 0.556. The van der Waals surface area contributed by atoms with Gasteiger partial charge in [-0.2, -0.15) is 0 Å². The maximum absolute atomic E-state index is 13.4. The normalized spacial score (nSPS) is 11.8. The van der Waals surface area contributed by atoms with E-state index in [2.05, 4.69) is 78.4 Å². The van der Waals surface area contributed by atoms with Crippen LogP contribution in [0.4, 0.5) is 11.4 Å². The van der Waals surface area contributed by atoms with Crippen LogP contribution < -0.4 is 15.0 Å². The lowest BCUT2D eigenvalue weighted by Gasteiger charge is -2.25. The molecular formula is C36H54N4O2. The van der Waals surface area contributed by atoms with Gasteiger partial charge >= 0.3 is 0 Å². The van der Waals surface area contributed by atoms with Crippen LogP contribution in [0.2, 0.25) is 0 Å². The van der Waals surface area contributed by atoms with Gasteiger partial charge in [-0.15, -0.1) is 0 Å². The minimum atomic E-state index is 0.232. The first kappa shape index (κ1) is 33.2. The van der Waals surface area contributed by atoms with E-state index in [9.17, 15) is 4.79 Å². The van der Waals surface area contributed by atoms with E-state index in [1.54, 1.807) is 7.11 Å². The molecule has 0 bridgehead atoms. The summed E-state index contributed by atoms with van der Waals surface area (Å²) in [4.78, 5) is 22.2. The highest BCUT2D eigenvalue weighted by Crippen LogP contribution is 2.28. The summed E-state index contributed by atoms with van der Waals surface area (Å²) in [6, 6.07) is 16.8. The van der Waals surface area contributed by atoms with Gasteiger partial charge in [0.1, 0.15) is 5.75 Å². The van der Waals surface area contributed by atoms with E-state index >= 15 is 0 Å². The zero-order valence-corrected chi connectivity index (χ0v) is 26.8. The molecule has 0 radical (unpaired) electrons. The maximum atomic E-state index is 13.4. The number of rotatable bonds is 20. The summed E-state index contributed by atoms with van der Waals surface area (Å²) in [7, 11) is 5.80. The molecule has 3 rings (SSSR count). The molecule has 2 aromatic carbocycles. The Kier molecular flexibility index (Phi) is 14.5. The number of amides is 1. The summed E-state index contributed by atoms with van der Waals surface area (Å²) in [6.45, 7) is 5.88. The predicted molar refractivity (Wildman–Crippen MR) is 179 cm³/mol. The molecule has 0 aliphatic heterocycles. The smallest absolute Gasteiger partial charge is 0.222 e. The summed E-state index contributed by atoms with van der Waals surface area (Å²) in [5, 5.41) is 4.70. The number of nitrogens with one attached hydrogen (secondary N) is 1. The topological polar surface area (TPSA) is 57.7 Å². The van der Waals surface area contributed by atoms with Gasteiger partial charge in [0.25, 0.3) is 0 Å². The van der Waals surface area contributed by atoms with Crippen molar-refractivity contribution in [3.8, 4) is 5.75 Å². The summed E-state index contributed by atoms with van der Waals surface area (Å²) in [6.07, 6.45) is 15.7. The monoisotopic (exact) mass is 574 g/mol. The predicted octanol–water partition coefficient (Wildman–Crippen LogP) is 8.84. The Morgan fingerprint density at radius 1 is 0.929 bits per heavy atom. The number of hydrogen-bond acceptors (Lipinski definition) is 5. The Labute approximate surface area is 254 Å². The molecule has 6 heteroatoms. The molecule has 0 saturated carbocycles. The van der Waals surface area contributed by atoms with Crippen LogP contribution in [0.5, 0.6) is 5.75 Å². The molecule has 1 heterocycles. The fourth-order valence-electron chi connectivity index (χ4n) is 5.48. The van der Waals surface area contributed by atoms with Gasteiger partial charge in [-0.1, -0.05) is 76.5 Å². The molecule has 6 nitrogen and oxygen atoms in total. The van der Waals surface area contributed by atoms with Crippen molar-refractivity contribution in [1.82, 2.24) is 9.88 Å². The van der Waals surface area contributed by atoms with Crippen LogP contribution in [0.1, 0.15) is 96.5 Å². The van der Waals surface area contributed by atoms with Crippen LogP contribution in [-0.4, -0.2) is 49.6 Å². The number of aromatic nitrogens is 1. The zero-order valence-electron chi connectivity index (χ0n) is 26.8. The third-order valence-electron chi connectivity index (χ3n) is 8.05. The van der Waals surface area contributed by atoms with Gasteiger partial charge in [-0.25, -0.2) is 0 Å². The first-order valence-corrected chi connectivity index (χ1v) is 16.1. The van der Waals surface area contributed by atoms with Crippen molar-refractivity contribution >= 4 is 28.2 Å². The van der Waals surface area contributed by atoms with E-state index in [0.29, 0.717) is 13.0 Å². The van der Waals surface area contributed by atoms with Crippen LogP contribution in [0.25, 0.3) is 10.9 Å². The highest BCUT2D eigenvalue weighted by Gasteiger charge is 2.15. The highest BCUT2D eigenvalue weighted by molar-refractivity contribution is 5.91. The minimum Gasteiger partial charge on any atom is -0.497 e. The number of anilines is 2. The third-order valence-corrected chi connectivity index (χ3v) is 8.05. The molecule has 1 unspecified atom stereocenters. The van der Waals surface area contributed by atoms with Crippen LogP contribution in [-0.2, 0) is 11.3 Å². The van der Waals surface area contributed by atoms with Gasteiger partial charge in [0.2, 0.25) is 5.91 Å². The van der Waals surface area contributed by atoms with Crippen molar-refractivity contribution in [2.45, 2.75) is 103 Å². The highest BCUT2D eigenvalue weighted by atomic mass is 16.5. The second-order valence-corrected chi connectivity index (χ2v) is 11.9. The molecule has 3 aromatic rings. The zero-order chi connectivity index (χ0) is 30.2. The number of hydrogen-bond donors (Lipinski definition) is 1. The van der Waals surface area contributed by atoms with Gasteiger partial charge in [0, 0.05) is 63.0 Å². The molecule has 1 aromatic heterocycles. The Morgan fingerprint density at radius 3 is 2.29 bits per heavy atom. The summed E-state index contributed by atoms with van der Waals surface area (Å²) >= 11 is 0. The van der Waals surface area contributed by atoms with Crippen LogP contribution in [0, 0.1) is 0 Å². The van der Waals surface area contributed by atoms with Gasteiger partial charge in [-0.05, 0) is 56.0 Å². The Hall–Kier alpha value is -3.28. The average molecular weight is 575 g/mol. The summed E-state index contributed by atoms with van der Waals surface area (Å²) in [5.74, 6) is 1.09. The van der Waals surface area contributed by atoms with Crippen LogP contribution >= 0.6 is 0 Å². The molecule has 1 N–H and O–H groups in total. The maximum Gasteiger partial charge on any atom is 0.222 e. The second kappa shape index (κ2) is 18.3. The van der Waals surface area contributed by atoms with Crippen molar-refractivity contribution in [3.05, 3.63) is 60.3 Å². The van der Waals surface area contributed by atoms with Crippen molar-refractivity contribution in [2.24, 2.45) is 0 Å². The lowest BCUT2D eigenvalue weighted by Crippen LogP contribution is -2.32. The van der Waals surface area contributed by atoms with Crippen molar-refractivity contribution in [1.29, 1.82) is 0 Å². The molecule has 1 atom stereocenters. The number of carbonyl (C=O) groups is 1. The summed E-state index contributed by atoms with van der Waals surface area (Å²) in [5.41, 5.74) is 4.28. The van der Waals surface area contributed by atoms with E-state index in [1.807, 2.05) is 24.4 Å². The number of methoxy groups -OCH3 is 1. The van der Waals surface area contributed by atoms with E-state index in [1.165, 1.54) is 56.2 Å². The molecule has 0 aliphatic rings. The molecule has 0 fully saturated rings. The number of fused-ring (bicyclic) bond motifs is 1. The second-order valence-electron chi connectivity index (χ2n) is 11.9. The van der Waals surface area contributed by atoms with Gasteiger partial charge in [0.05, 0.1) is 18.3 Å². The lowest BCUT2D eigenvalue weighted by atomic mass is 10.1. The van der Waals surface area contributed by atoms with Crippen molar-refractivity contribution in [2.75, 3.05) is 38.0 Å². The Morgan fingerprint density at radius 2 is 1.62 bits per heavy atom. The minimum absolute atomic E-state index is 0.232. The molecule has 0 spiro atoms. The van der Waals surface area contributed by atoms with E-state index in [0.717, 1.165) is 54.6 Å². The third kappa shape index (κ3) is 11.2. The van der Waals surface area contributed by atoms with Crippen molar-refractivity contribution in [3.63, 3.8) is 0 Å². The Bertz CT molecular complexity index is 1190. The van der Waals surface area contributed by atoms with Gasteiger partial charge in [-0.3, -0.25) is 9.78 Å². The van der Waals surface area contributed by atoms with Crippen molar-refractivity contribution < 1.29 is 9.53 Å². The quantitative estimate of drug-likeness (QED) is 0.137. The number of nitrogens with zero attached hydrogens (tertiary/aromatic N) is 3. The number of pyridine rings is 1. The first-order valence-electron chi connectivity index (χ1n) is 16.1. The number of carbonyl (C=O) groups excluding carboxylic acids is 1. The number of ether oxygens (including phenoxy) is 1. The molecular weight excluding hydrogens is 520 g/mol. The van der Waals surface area contributed by atoms with Crippen LogP contribution in [0.3, 0.4) is 0 Å². The standard InChI is InChI=1S/C36H54N4O2/c1-6-7-8-9-10-11-12-13-14-19-35(41)40(28-30-20-22-32(23-21-30)39(3)4)25-16-17-29(2)38-34-27-33(42-5)26-31-18-15-24-37-36(31)34/h15,18,20-24,26-27,29,38H,6-14,16-17,19,25,28H2,1-5H3. The first-order chi connectivity index (χ1) is 20.4. The fourth-order valence-corrected chi connectivity index (χ4v) is 5.48. The largest absolute Gasteiger partial charge is 0.497 e. The number of benzene rings is 2. The molecule has 42 heavy (non-hydrogen) atoms. The van der Waals surface area contributed by atoms with E-state index < -0.39 is 0 Å². The molecule has 0 aliphatic carbocycles. The Balaban J connectivity index is 1.53.